The van der Waals surface area contributed by atoms with Gasteiger partial charge in [0.1, 0.15) is 0 Å². The molecule has 0 bridgehead atoms. The lowest BCUT2D eigenvalue weighted by Gasteiger charge is -2.05. The first kappa shape index (κ1) is 12.2. The third kappa shape index (κ3) is 2.82. The molecule has 88 valence electrons. The Kier molecular flexibility index (Phi) is 4.04. The van der Waals surface area contributed by atoms with Gasteiger partial charge in [0.15, 0.2) is 0 Å². The second-order valence-corrected chi connectivity index (χ2v) is 3.45. The van der Waals surface area contributed by atoms with Gasteiger partial charge in [-0.3, -0.25) is 14.7 Å². The summed E-state index contributed by atoms with van der Waals surface area (Å²) in [5.41, 5.74) is 1.83. The van der Waals surface area contributed by atoms with Gasteiger partial charge >= 0.3 is 0 Å². The van der Waals surface area contributed by atoms with E-state index in [0.717, 1.165) is 0 Å². The number of likely N-dealkylation sites (N-methyl/N-ethyl adjacent to an activating group) is 1. The minimum absolute atomic E-state index is 0.0171. The molecule has 6 nitrogen and oxygen atoms in total. The number of nitrogens with one attached hydrogen (secondary N) is 3. The van der Waals surface area contributed by atoms with Gasteiger partial charge in [-0.2, -0.15) is 5.10 Å². The van der Waals surface area contributed by atoms with Gasteiger partial charge in [0.25, 0.3) is 5.91 Å². The number of aromatic amines is 1. The third-order valence-corrected chi connectivity index (χ3v) is 2.14. The molecular weight excluding hydrogens is 208 g/mol. The largest absolute Gasteiger partial charge is 0.355 e. The SMILES string of the molecule is CCNC(=O)CNC(=O)c1c(C)n[nH]c1C. The van der Waals surface area contributed by atoms with Gasteiger partial charge in [0.2, 0.25) is 5.91 Å². The molecule has 0 unspecified atom stereocenters. The number of nitrogens with zero attached hydrogens (tertiary/aromatic N) is 1. The van der Waals surface area contributed by atoms with Crippen LogP contribution in [0.5, 0.6) is 0 Å². The molecule has 0 aliphatic rings. The van der Waals surface area contributed by atoms with Gasteiger partial charge in [-0.1, -0.05) is 0 Å². The maximum absolute atomic E-state index is 11.7. The van der Waals surface area contributed by atoms with Crippen molar-refractivity contribution < 1.29 is 9.59 Å². The highest BCUT2D eigenvalue weighted by Crippen LogP contribution is 2.08. The van der Waals surface area contributed by atoms with E-state index in [4.69, 9.17) is 0 Å². The lowest BCUT2D eigenvalue weighted by Crippen LogP contribution is -2.37. The van der Waals surface area contributed by atoms with E-state index < -0.39 is 0 Å². The minimum atomic E-state index is -0.282. The van der Waals surface area contributed by atoms with Crippen molar-refractivity contribution in [3.05, 3.63) is 17.0 Å². The Morgan fingerprint density at radius 1 is 1.31 bits per heavy atom. The number of amides is 2. The van der Waals surface area contributed by atoms with Crippen LogP contribution in [0.1, 0.15) is 28.7 Å². The molecule has 0 fully saturated rings. The lowest BCUT2D eigenvalue weighted by atomic mass is 10.2. The second-order valence-electron chi connectivity index (χ2n) is 3.45. The van der Waals surface area contributed by atoms with E-state index in [2.05, 4.69) is 20.8 Å². The van der Waals surface area contributed by atoms with Crippen LogP contribution in [0.15, 0.2) is 0 Å². The smallest absolute Gasteiger partial charge is 0.255 e. The Hall–Kier alpha value is -1.85. The topological polar surface area (TPSA) is 86.9 Å². The number of carbonyl (C=O) groups excluding carboxylic acids is 2. The highest BCUT2D eigenvalue weighted by Gasteiger charge is 2.15. The highest BCUT2D eigenvalue weighted by molar-refractivity contribution is 5.98. The van der Waals surface area contributed by atoms with Gasteiger partial charge in [0.05, 0.1) is 17.8 Å². The van der Waals surface area contributed by atoms with Crippen molar-refractivity contribution in [1.82, 2.24) is 20.8 Å². The average molecular weight is 224 g/mol. The Balaban J connectivity index is 2.57. The fourth-order valence-corrected chi connectivity index (χ4v) is 1.39. The predicted octanol–water partition coefficient (Wildman–Crippen LogP) is -0.108. The van der Waals surface area contributed by atoms with E-state index in [0.29, 0.717) is 23.5 Å². The lowest BCUT2D eigenvalue weighted by molar-refractivity contribution is -0.120. The molecule has 0 radical (unpaired) electrons. The van der Waals surface area contributed by atoms with Crippen molar-refractivity contribution in [2.24, 2.45) is 0 Å². The number of rotatable bonds is 4. The molecule has 1 aromatic rings. The summed E-state index contributed by atoms with van der Waals surface area (Å²) in [6.07, 6.45) is 0. The van der Waals surface area contributed by atoms with Crippen molar-refractivity contribution in [3.63, 3.8) is 0 Å². The Morgan fingerprint density at radius 3 is 2.50 bits per heavy atom. The molecule has 0 saturated heterocycles. The number of H-pyrrole nitrogens is 1. The van der Waals surface area contributed by atoms with Crippen molar-refractivity contribution in [3.8, 4) is 0 Å². The molecule has 0 aromatic carbocycles. The highest BCUT2D eigenvalue weighted by atomic mass is 16.2. The molecule has 1 aromatic heterocycles. The maximum atomic E-state index is 11.7. The van der Waals surface area contributed by atoms with Crippen LogP contribution in [0, 0.1) is 13.8 Å². The van der Waals surface area contributed by atoms with Gasteiger partial charge in [-0.25, -0.2) is 0 Å². The third-order valence-electron chi connectivity index (χ3n) is 2.14. The minimum Gasteiger partial charge on any atom is -0.355 e. The summed E-state index contributed by atoms with van der Waals surface area (Å²) < 4.78 is 0. The van der Waals surface area contributed by atoms with Crippen molar-refractivity contribution >= 4 is 11.8 Å². The van der Waals surface area contributed by atoms with Crippen LogP contribution >= 0.6 is 0 Å². The number of carbonyl (C=O) groups is 2. The van der Waals surface area contributed by atoms with E-state index in [1.165, 1.54) is 0 Å². The van der Waals surface area contributed by atoms with Crippen LogP contribution in [0.4, 0.5) is 0 Å². The van der Waals surface area contributed by atoms with Gasteiger partial charge in [-0.15, -0.1) is 0 Å². The summed E-state index contributed by atoms with van der Waals surface area (Å²) in [7, 11) is 0. The van der Waals surface area contributed by atoms with Crippen LogP contribution in [0.3, 0.4) is 0 Å². The average Bonchev–Trinajstić information content (AvgIpc) is 2.56. The quantitative estimate of drug-likeness (QED) is 0.667. The first-order valence-corrected chi connectivity index (χ1v) is 5.12. The number of aromatic nitrogens is 2. The Labute approximate surface area is 93.8 Å². The monoisotopic (exact) mass is 224 g/mol. The predicted molar refractivity (Wildman–Crippen MR) is 59.1 cm³/mol. The molecule has 0 aliphatic carbocycles. The molecule has 6 heteroatoms. The van der Waals surface area contributed by atoms with E-state index in [-0.39, 0.29) is 18.4 Å². The molecule has 1 heterocycles. The van der Waals surface area contributed by atoms with Crippen LogP contribution < -0.4 is 10.6 Å². The molecule has 0 aliphatic heterocycles. The molecule has 1 rings (SSSR count). The summed E-state index contributed by atoms with van der Waals surface area (Å²) in [5.74, 6) is -0.482. The zero-order valence-electron chi connectivity index (χ0n) is 9.68. The van der Waals surface area contributed by atoms with E-state index >= 15 is 0 Å². The standard InChI is InChI=1S/C10H16N4O2/c1-4-11-8(15)5-12-10(16)9-6(2)13-14-7(9)3/h4-5H2,1-3H3,(H,11,15)(H,12,16)(H,13,14). The summed E-state index contributed by atoms with van der Waals surface area (Å²) in [6.45, 7) is 5.87. The number of hydrogen-bond donors (Lipinski definition) is 3. The van der Waals surface area contributed by atoms with Gasteiger partial charge < -0.3 is 10.6 Å². The first-order valence-electron chi connectivity index (χ1n) is 5.12. The van der Waals surface area contributed by atoms with Crippen LogP contribution in [0.25, 0.3) is 0 Å². The van der Waals surface area contributed by atoms with Crippen LogP contribution in [-0.4, -0.2) is 35.1 Å². The maximum Gasteiger partial charge on any atom is 0.255 e. The van der Waals surface area contributed by atoms with Gasteiger partial charge in [-0.05, 0) is 20.8 Å². The molecule has 2 amide bonds. The Bertz CT molecular complexity index is 378. The first-order chi connectivity index (χ1) is 7.56. The van der Waals surface area contributed by atoms with E-state index in [1.54, 1.807) is 13.8 Å². The van der Waals surface area contributed by atoms with E-state index in [1.807, 2.05) is 6.92 Å². The Morgan fingerprint density at radius 2 is 2.00 bits per heavy atom. The summed E-state index contributed by atoms with van der Waals surface area (Å²) in [4.78, 5) is 22.8. The fourth-order valence-electron chi connectivity index (χ4n) is 1.39. The fraction of sp³-hybridized carbons (Fsp3) is 0.500. The van der Waals surface area contributed by atoms with Crippen molar-refractivity contribution in [2.75, 3.05) is 13.1 Å². The molecule has 0 spiro atoms. The molecule has 16 heavy (non-hydrogen) atoms. The number of hydrogen-bond acceptors (Lipinski definition) is 3. The normalized spacial score (nSPS) is 9.94. The zero-order valence-corrected chi connectivity index (χ0v) is 9.68. The van der Waals surface area contributed by atoms with Gasteiger partial charge in [0, 0.05) is 12.2 Å². The van der Waals surface area contributed by atoms with Crippen molar-refractivity contribution in [1.29, 1.82) is 0 Å². The zero-order chi connectivity index (χ0) is 12.1. The summed E-state index contributed by atoms with van der Waals surface area (Å²) in [5, 5.41) is 11.8. The number of aryl methyl sites for hydroxylation is 2. The molecule has 0 saturated carbocycles. The summed E-state index contributed by atoms with van der Waals surface area (Å²) >= 11 is 0. The van der Waals surface area contributed by atoms with Crippen molar-refractivity contribution in [2.45, 2.75) is 20.8 Å². The second kappa shape index (κ2) is 5.29. The van der Waals surface area contributed by atoms with Crippen LogP contribution in [0.2, 0.25) is 0 Å². The molecule has 3 N–H and O–H groups in total. The molecule has 0 atom stereocenters. The summed E-state index contributed by atoms with van der Waals surface area (Å²) in [6, 6.07) is 0. The molecular formula is C10H16N4O2. The van der Waals surface area contributed by atoms with E-state index in [9.17, 15) is 9.59 Å². The van der Waals surface area contributed by atoms with Crippen LogP contribution in [-0.2, 0) is 4.79 Å².